The number of ether oxygens (including phenoxy) is 2. The van der Waals surface area contributed by atoms with Gasteiger partial charge in [0.1, 0.15) is 0 Å². The van der Waals surface area contributed by atoms with E-state index in [9.17, 15) is 0 Å². The van der Waals surface area contributed by atoms with Crippen molar-refractivity contribution in [1.29, 1.82) is 0 Å². The van der Waals surface area contributed by atoms with Crippen molar-refractivity contribution in [1.82, 2.24) is 15.0 Å². The smallest absolute Gasteiger partial charge is 0.324 e. The monoisotopic (exact) mass is 241 g/mol. The molecule has 1 rings (SSSR count). The standard InChI is InChI=1S/C10H19N5O2/c1-7(5-6-11)15(2)8-12-9(16-3)14-10(13-8)17-4/h7H,5-6,11H2,1-4H3. The van der Waals surface area contributed by atoms with Crippen LogP contribution in [0.5, 0.6) is 12.0 Å². The predicted octanol–water partition coefficient (Wildman–Crippen LogP) is 0.0623. The molecule has 0 spiro atoms. The Balaban J connectivity index is 2.95. The van der Waals surface area contributed by atoms with E-state index in [-0.39, 0.29) is 18.1 Å². The van der Waals surface area contributed by atoms with Gasteiger partial charge in [0.25, 0.3) is 0 Å². The quantitative estimate of drug-likeness (QED) is 0.753. The molecule has 17 heavy (non-hydrogen) atoms. The lowest BCUT2D eigenvalue weighted by atomic mass is 10.2. The van der Waals surface area contributed by atoms with E-state index in [2.05, 4.69) is 21.9 Å². The van der Waals surface area contributed by atoms with Crippen molar-refractivity contribution in [3.05, 3.63) is 0 Å². The molecule has 0 saturated carbocycles. The molecule has 1 aromatic heterocycles. The van der Waals surface area contributed by atoms with Crippen LogP contribution in [0.3, 0.4) is 0 Å². The third kappa shape index (κ3) is 3.42. The number of nitrogens with zero attached hydrogens (tertiary/aromatic N) is 4. The fourth-order valence-electron chi connectivity index (χ4n) is 1.30. The first-order valence-electron chi connectivity index (χ1n) is 5.39. The number of hydrogen-bond donors (Lipinski definition) is 1. The summed E-state index contributed by atoms with van der Waals surface area (Å²) in [6.45, 7) is 2.67. The normalized spacial score (nSPS) is 12.1. The molecule has 0 aromatic carbocycles. The molecule has 0 bridgehead atoms. The Morgan fingerprint density at radius 2 is 1.71 bits per heavy atom. The van der Waals surface area contributed by atoms with Gasteiger partial charge in [-0.1, -0.05) is 0 Å². The van der Waals surface area contributed by atoms with Crippen LogP contribution in [0.2, 0.25) is 0 Å². The van der Waals surface area contributed by atoms with Crippen molar-refractivity contribution >= 4 is 5.95 Å². The van der Waals surface area contributed by atoms with Gasteiger partial charge in [-0.3, -0.25) is 0 Å². The highest BCUT2D eigenvalue weighted by Crippen LogP contribution is 2.17. The molecule has 0 saturated heterocycles. The van der Waals surface area contributed by atoms with E-state index < -0.39 is 0 Å². The Hall–Kier alpha value is -1.63. The largest absolute Gasteiger partial charge is 0.467 e. The molecule has 0 aliphatic rings. The van der Waals surface area contributed by atoms with Crippen molar-refractivity contribution < 1.29 is 9.47 Å². The number of nitrogens with two attached hydrogens (primary N) is 1. The molecular formula is C10H19N5O2. The third-order valence-corrected chi connectivity index (χ3v) is 2.51. The molecule has 0 radical (unpaired) electrons. The van der Waals surface area contributed by atoms with E-state index in [0.717, 1.165) is 6.42 Å². The van der Waals surface area contributed by atoms with Crippen LogP contribution in [-0.4, -0.2) is 48.8 Å². The maximum atomic E-state index is 5.53. The summed E-state index contributed by atoms with van der Waals surface area (Å²) >= 11 is 0. The summed E-state index contributed by atoms with van der Waals surface area (Å²) in [5.74, 6) is 0.509. The molecule has 0 aliphatic heterocycles. The first kappa shape index (κ1) is 13.4. The molecule has 7 heteroatoms. The summed E-state index contributed by atoms with van der Waals surface area (Å²) < 4.78 is 9.99. The van der Waals surface area contributed by atoms with Gasteiger partial charge in [0.05, 0.1) is 14.2 Å². The van der Waals surface area contributed by atoms with Crippen molar-refractivity contribution in [3.8, 4) is 12.0 Å². The summed E-state index contributed by atoms with van der Waals surface area (Å²) in [6, 6.07) is 0.703. The molecular weight excluding hydrogens is 222 g/mol. The first-order valence-corrected chi connectivity index (χ1v) is 5.39. The molecule has 0 amide bonds. The summed E-state index contributed by atoms with van der Waals surface area (Å²) in [5.41, 5.74) is 5.53. The van der Waals surface area contributed by atoms with Crippen LogP contribution in [0, 0.1) is 0 Å². The van der Waals surface area contributed by atoms with Crippen molar-refractivity contribution in [3.63, 3.8) is 0 Å². The minimum absolute atomic E-state index is 0.233. The lowest BCUT2D eigenvalue weighted by Crippen LogP contribution is -2.32. The predicted molar refractivity (Wildman–Crippen MR) is 64.5 cm³/mol. The van der Waals surface area contributed by atoms with E-state index >= 15 is 0 Å². The SMILES string of the molecule is COc1nc(OC)nc(N(C)C(C)CCN)n1. The maximum absolute atomic E-state index is 5.53. The molecule has 1 unspecified atom stereocenters. The maximum Gasteiger partial charge on any atom is 0.324 e. The zero-order valence-electron chi connectivity index (χ0n) is 10.7. The summed E-state index contributed by atoms with van der Waals surface area (Å²) in [6.07, 6.45) is 0.854. The Bertz CT molecular complexity index is 338. The molecule has 0 aliphatic carbocycles. The van der Waals surface area contributed by atoms with Gasteiger partial charge in [-0.15, -0.1) is 4.98 Å². The first-order chi connectivity index (χ1) is 8.12. The fourth-order valence-corrected chi connectivity index (χ4v) is 1.30. The van der Waals surface area contributed by atoms with E-state index in [1.165, 1.54) is 14.2 Å². The number of methoxy groups -OCH3 is 2. The van der Waals surface area contributed by atoms with Crippen molar-refractivity contribution in [2.75, 3.05) is 32.7 Å². The lowest BCUT2D eigenvalue weighted by Gasteiger charge is -2.24. The molecule has 2 N–H and O–H groups in total. The number of aromatic nitrogens is 3. The second-order valence-corrected chi connectivity index (χ2v) is 3.65. The summed E-state index contributed by atoms with van der Waals surface area (Å²) in [7, 11) is 4.90. The Kier molecular flexibility index (Phi) is 4.89. The van der Waals surface area contributed by atoms with E-state index in [1.807, 2.05) is 11.9 Å². The van der Waals surface area contributed by atoms with Gasteiger partial charge < -0.3 is 20.1 Å². The van der Waals surface area contributed by atoms with E-state index in [4.69, 9.17) is 15.2 Å². The molecule has 0 fully saturated rings. The van der Waals surface area contributed by atoms with Crippen LogP contribution >= 0.6 is 0 Å². The highest BCUT2D eigenvalue weighted by molar-refractivity contribution is 5.32. The molecule has 96 valence electrons. The topological polar surface area (TPSA) is 86.4 Å². The highest BCUT2D eigenvalue weighted by atomic mass is 16.5. The van der Waals surface area contributed by atoms with E-state index in [1.54, 1.807) is 0 Å². The highest BCUT2D eigenvalue weighted by Gasteiger charge is 2.15. The zero-order chi connectivity index (χ0) is 12.8. The minimum atomic E-state index is 0.233. The Labute approximate surface area is 101 Å². The summed E-state index contributed by atoms with van der Waals surface area (Å²) in [4.78, 5) is 14.2. The third-order valence-electron chi connectivity index (χ3n) is 2.51. The molecule has 1 heterocycles. The van der Waals surface area contributed by atoms with Gasteiger partial charge in [0.2, 0.25) is 5.95 Å². The van der Waals surface area contributed by atoms with Crippen LogP contribution in [0.1, 0.15) is 13.3 Å². The van der Waals surface area contributed by atoms with Crippen LogP contribution in [0.25, 0.3) is 0 Å². The Morgan fingerprint density at radius 3 is 2.12 bits per heavy atom. The van der Waals surface area contributed by atoms with Gasteiger partial charge in [-0.05, 0) is 19.9 Å². The van der Waals surface area contributed by atoms with Gasteiger partial charge in [0, 0.05) is 13.1 Å². The number of anilines is 1. The van der Waals surface area contributed by atoms with Gasteiger partial charge in [0.15, 0.2) is 0 Å². The second kappa shape index (κ2) is 6.19. The van der Waals surface area contributed by atoms with E-state index in [0.29, 0.717) is 12.5 Å². The van der Waals surface area contributed by atoms with Crippen LogP contribution < -0.4 is 20.1 Å². The number of rotatable bonds is 6. The second-order valence-electron chi connectivity index (χ2n) is 3.65. The van der Waals surface area contributed by atoms with Crippen LogP contribution in [-0.2, 0) is 0 Å². The van der Waals surface area contributed by atoms with Crippen molar-refractivity contribution in [2.45, 2.75) is 19.4 Å². The Morgan fingerprint density at radius 1 is 1.18 bits per heavy atom. The zero-order valence-corrected chi connectivity index (χ0v) is 10.7. The van der Waals surface area contributed by atoms with Gasteiger partial charge in [-0.2, -0.15) is 9.97 Å². The van der Waals surface area contributed by atoms with Gasteiger partial charge >= 0.3 is 12.0 Å². The lowest BCUT2D eigenvalue weighted by molar-refractivity contribution is 0.339. The fraction of sp³-hybridized carbons (Fsp3) is 0.700. The van der Waals surface area contributed by atoms with Crippen LogP contribution in [0.15, 0.2) is 0 Å². The molecule has 7 nitrogen and oxygen atoms in total. The average molecular weight is 241 g/mol. The summed E-state index contributed by atoms with van der Waals surface area (Å²) in [5, 5.41) is 0. The minimum Gasteiger partial charge on any atom is -0.467 e. The van der Waals surface area contributed by atoms with Crippen LogP contribution in [0.4, 0.5) is 5.95 Å². The molecule has 1 aromatic rings. The molecule has 1 atom stereocenters. The average Bonchev–Trinajstić information content (AvgIpc) is 2.37. The number of hydrogen-bond acceptors (Lipinski definition) is 7. The van der Waals surface area contributed by atoms with Gasteiger partial charge in [-0.25, -0.2) is 0 Å². The van der Waals surface area contributed by atoms with Crippen molar-refractivity contribution in [2.24, 2.45) is 5.73 Å².